The van der Waals surface area contributed by atoms with Crippen LogP contribution in [-0.4, -0.2) is 23.9 Å². The number of hydrogen-bond acceptors (Lipinski definition) is 4. The lowest BCUT2D eigenvalue weighted by atomic mass is 9.89. The Morgan fingerprint density at radius 3 is 2.77 bits per heavy atom. The summed E-state index contributed by atoms with van der Waals surface area (Å²) in [6, 6.07) is 13.3. The van der Waals surface area contributed by atoms with Crippen LogP contribution >= 0.6 is 28.1 Å². The number of esters is 1. The summed E-state index contributed by atoms with van der Waals surface area (Å²) in [5.41, 5.74) is 1.77. The summed E-state index contributed by atoms with van der Waals surface area (Å²) >= 11 is 9.10. The molecule has 2 unspecified atom stereocenters. The highest BCUT2D eigenvalue weighted by Gasteiger charge is 2.48. The van der Waals surface area contributed by atoms with Crippen molar-refractivity contribution in [1.82, 2.24) is 5.32 Å². The zero-order chi connectivity index (χ0) is 18.5. The highest BCUT2D eigenvalue weighted by molar-refractivity contribution is 9.10. The average molecular weight is 433 g/mol. The summed E-state index contributed by atoms with van der Waals surface area (Å²) in [6.07, 6.45) is 0.695. The van der Waals surface area contributed by atoms with E-state index >= 15 is 0 Å². The van der Waals surface area contributed by atoms with Crippen LogP contribution in [0.1, 0.15) is 35.3 Å². The lowest BCUT2D eigenvalue weighted by Crippen LogP contribution is -2.65. The van der Waals surface area contributed by atoms with Gasteiger partial charge in [-0.05, 0) is 61.6 Å². The molecule has 0 spiro atoms. The molecule has 2 aliphatic rings. The van der Waals surface area contributed by atoms with Gasteiger partial charge in [-0.2, -0.15) is 0 Å². The van der Waals surface area contributed by atoms with Crippen molar-refractivity contribution < 1.29 is 14.3 Å². The molecule has 0 radical (unpaired) electrons. The van der Waals surface area contributed by atoms with Gasteiger partial charge in [-0.15, -0.1) is 0 Å². The molecule has 0 aliphatic carbocycles. The monoisotopic (exact) mass is 432 g/mol. The number of carbonyl (C=O) groups is 1. The molecule has 26 heavy (non-hydrogen) atoms. The Morgan fingerprint density at radius 1 is 1.35 bits per heavy atom. The van der Waals surface area contributed by atoms with Gasteiger partial charge in [0.1, 0.15) is 5.75 Å². The van der Waals surface area contributed by atoms with Gasteiger partial charge in [0.15, 0.2) is 10.8 Å². The van der Waals surface area contributed by atoms with Gasteiger partial charge in [-0.1, -0.05) is 15.9 Å². The Labute approximate surface area is 165 Å². The van der Waals surface area contributed by atoms with E-state index < -0.39 is 5.72 Å². The maximum absolute atomic E-state index is 11.8. The maximum Gasteiger partial charge on any atom is 0.337 e. The van der Waals surface area contributed by atoms with E-state index in [1.807, 2.05) is 48.2 Å². The number of nitrogens with one attached hydrogen (secondary N) is 1. The van der Waals surface area contributed by atoms with Gasteiger partial charge in [-0.25, -0.2) is 4.79 Å². The van der Waals surface area contributed by atoms with Gasteiger partial charge < -0.3 is 14.8 Å². The van der Waals surface area contributed by atoms with Crippen molar-refractivity contribution >= 4 is 44.9 Å². The fraction of sp³-hybridized carbons (Fsp3) is 0.263. The average Bonchev–Trinajstić information content (AvgIpc) is 2.61. The third kappa shape index (κ3) is 2.75. The lowest BCUT2D eigenvalue weighted by Gasteiger charge is -2.52. The smallest absolute Gasteiger partial charge is 0.337 e. The molecule has 5 nitrogen and oxygen atoms in total. The van der Waals surface area contributed by atoms with Crippen LogP contribution in [-0.2, 0) is 4.74 Å². The van der Waals surface area contributed by atoms with E-state index in [2.05, 4.69) is 21.2 Å². The molecule has 2 aliphatic heterocycles. The first-order valence-electron chi connectivity index (χ1n) is 8.19. The summed E-state index contributed by atoms with van der Waals surface area (Å²) in [4.78, 5) is 13.8. The molecule has 2 bridgehead atoms. The number of nitrogens with zero attached hydrogens (tertiary/aromatic N) is 1. The molecule has 1 fully saturated rings. The van der Waals surface area contributed by atoms with Crippen molar-refractivity contribution in [3.05, 3.63) is 58.1 Å². The molecule has 0 saturated carbocycles. The Balaban J connectivity index is 1.75. The van der Waals surface area contributed by atoms with Crippen LogP contribution in [0.25, 0.3) is 0 Å². The molecule has 2 heterocycles. The van der Waals surface area contributed by atoms with Crippen LogP contribution in [0.5, 0.6) is 5.75 Å². The molecule has 0 amide bonds. The first-order chi connectivity index (χ1) is 12.4. The number of ether oxygens (including phenoxy) is 2. The largest absolute Gasteiger partial charge is 0.467 e. The van der Waals surface area contributed by atoms with Crippen molar-refractivity contribution in [3.63, 3.8) is 0 Å². The quantitative estimate of drug-likeness (QED) is 0.567. The molecule has 0 aromatic heterocycles. The Hall–Kier alpha value is -2.12. The molecule has 2 aromatic carbocycles. The van der Waals surface area contributed by atoms with Crippen molar-refractivity contribution in [3.8, 4) is 5.75 Å². The van der Waals surface area contributed by atoms with Crippen LogP contribution in [0.2, 0.25) is 0 Å². The van der Waals surface area contributed by atoms with Crippen LogP contribution in [0.4, 0.5) is 5.69 Å². The molecule has 1 saturated heterocycles. The summed E-state index contributed by atoms with van der Waals surface area (Å²) in [5, 5.41) is 3.99. The zero-order valence-electron chi connectivity index (χ0n) is 14.3. The SMILES string of the molecule is COC(=O)c1ccc2c(c1)C1CC(C)(O2)N(c2ccc(Br)cc2)C(=S)N1. The Bertz CT molecular complexity index is 902. The molecule has 134 valence electrons. The van der Waals surface area contributed by atoms with Crippen LogP contribution in [0.15, 0.2) is 46.9 Å². The Morgan fingerprint density at radius 2 is 2.08 bits per heavy atom. The van der Waals surface area contributed by atoms with Gasteiger partial charge >= 0.3 is 5.97 Å². The van der Waals surface area contributed by atoms with E-state index in [0.717, 1.165) is 21.5 Å². The van der Waals surface area contributed by atoms with Crippen molar-refractivity contribution in [2.24, 2.45) is 0 Å². The molecule has 2 atom stereocenters. The second-order valence-electron chi connectivity index (χ2n) is 6.54. The molecular weight excluding hydrogens is 416 g/mol. The number of rotatable bonds is 2. The highest BCUT2D eigenvalue weighted by atomic mass is 79.9. The summed E-state index contributed by atoms with van der Waals surface area (Å²) in [6.45, 7) is 2.03. The zero-order valence-corrected chi connectivity index (χ0v) is 16.7. The normalized spacial score (nSPS) is 23.6. The van der Waals surface area contributed by atoms with Gasteiger partial charge in [0.05, 0.1) is 18.7 Å². The van der Waals surface area contributed by atoms with Gasteiger partial charge in [0.25, 0.3) is 0 Å². The number of thiocarbonyl (C=S) groups is 1. The fourth-order valence-electron chi connectivity index (χ4n) is 3.60. The third-order valence-corrected chi connectivity index (χ3v) is 5.61. The van der Waals surface area contributed by atoms with Crippen molar-refractivity contribution in [2.75, 3.05) is 12.0 Å². The predicted molar refractivity (Wildman–Crippen MR) is 107 cm³/mol. The molecule has 1 N–H and O–H groups in total. The van der Waals surface area contributed by atoms with E-state index in [4.69, 9.17) is 21.7 Å². The van der Waals surface area contributed by atoms with Gasteiger partial charge in [-0.3, -0.25) is 4.90 Å². The molecular formula is C19H17BrN2O3S. The van der Waals surface area contributed by atoms with E-state index in [1.54, 1.807) is 6.07 Å². The fourth-order valence-corrected chi connectivity index (χ4v) is 4.31. The number of benzene rings is 2. The topological polar surface area (TPSA) is 50.8 Å². The Kier molecular flexibility index (Phi) is 4.16. The summed E-state index contributed by atoms with van der Waals surface area (Å²) in [7, 11) is 1.37. The first-order valence-corrected chi connectivity index (χ1v) is 9.39. The van der Waals surface area contributed by atoms with Crippen molar-refractivity contribution in [2.45, 2.75) is 25.1 Å². The first kappa shape index (κ1) is 17.3. The maximum atomic E-state index is 11.8. The third-order valence-electron chi connectivity index (χ3n) is 4.78. The van der Waals surface area contributed by atoms with Gasteiger partial charge in [0, 0.05) is 22.1 Å². The van der Waals surface area contributed by atoms with E-state index in [1.165, 1.54) is 7.11 Å². The van der Waals surface area contributed by atoms with Crippen LogP contribution in [0.3, 0.4) is 0 Å². The van der Waals surface area contributed by atoms with Gasteiger partial charge in [0.2, 0.25) is 0 Å². The standard InChI is InChI=1S/C19H17BrN2O3S/c1-19-10-15(14-9-11(17(23)24-2)3-8-16(14)25-19)21-18(26)22(19)13-6-4-12(20)5-7-13/h3-9,15H,10H2,1-2H3,(H,21,26). The van der Waals surface area contributed by atoms with Crippen molar-refractivity contribution in [1.29, 1.82) is 0 Å². The molecule has 4 rings (SSSR count). The number of fused-ring (bicyclic) bond motifs is 4. The lowest BCUT2D eigenvalue weighted by molar-refractivity contribution is 0.0494. The second kappa shape index (κ2) is 6.25. The highest BCUT2D eigenvalue weighted by Crippen LogP contribution is 2.45. The minimum Gasteiger partial charge on any atom is -0.467 e. The molecule has 2 aromatic rings. The number of carbonyl (C=O) groups excluding carboxylic acids is 1. The number of anilines is 1. The van der Waals surface area contributed by atoms with Crippen LogP contribution < -0.4 is 15.0 Å². The predicted octanol–water partition coefficient (Wildman–Crippen LogP) is 4.17. The number of halogens is 1. The van der Waals surface area contributed by atoms with E-state index in [0.29, 0.717) is 17.1 Å². The minimum atomic E-state index is -0.611. The molecule has 7 heteroatoms. The van der Waals surface area contributed by atoms with E-state index in [-0.39, 0.29) is 12.0 Å². The number of methoxy groups -OCH3 is 1. The summed E-state index contributed by atoms with van der Waals surface area (Å²) < 4.78 is 12.2. The second-order valence-corrected chi connectivity index (χ2v) is 7.84. The summed E-state index contributed by atoms with van der Waals surface area (Å²) in [5.74, 6) is 0.379. The minimum absolute atomic E-state index is 0.0208. The van der Waals surface area contributed by atoms with Crippen LogP contribution in [0, 0.1) is 0 Å². The number of hydrogen-bond donors (Lipinski definition) is 1. The van der Waals surface area contributed by atoms with E-state index in [9.17, 15) is 4.79 Å².